The molecule has 4 heteroatoms. The zero-order chi connectivity index (χ0) is 15.2. The summed E-state index contributed by atoms with van der Waals surface area (Å²) in [5.74, 6) is 0.970. The summed E-state index contributed by atoms with van der Waals surface area (Å²) >= 11 is 3.57. The molecule has 0 bridgehead atoms. The second-order valence-electron chi connectivity index (χ2n) is 5.31. The van der Waals surface area contributed by atoms with E-state index in [1.165, 1.54) is 11.3 Å². The molecule has 21 heavy (non-hydrogen) atoms. The van der Waals surface area contributed by atoms with Crippen LogP contribution in [0, 0.1) is 0 Å². The molecule has 0 aliphatic carbocycles. The van der Waals surface area contributed by atoms with E-state index in [4.69, 9.17) is 4.42 Å². The maximum absolute atomic E-state index is 5.45. The van der Waals surface area contributed by atoms with E-state index in [-0.39, 0.29) is 0 Å². The van der Waals surface area contributed by atoms with E-state index in [0.29, 0.717) is 6.04 Å². The molecule has 0 fully saturated rings. The van der Waals surface area contributed by atoms with E-state index < -0.39 is 0 Å². The molecular formula is C17H23BrN2O. The van der Waals surface area contributed by atoms with Crippen LogP contribution in [0.1, 0.15) is 37.6 Å². The molecule has 0 saturated heterocycles. The highest BCUT2D eigenvalue weighted by Gasteiger charge is 2.14. The Bertz CT molecular complexity index is 554. The summed E-state index contributed by atoms with van der Waals surface area (Å²) in [5.41, 5.74) is 2.53. The minimum absolute atomic E-state index is 0.326. The lowest BCUT2D eigenvalue weighted by Gasteiger charge is -2.25. The number of nitrogens with zero attached hydrogens (tertiary/aromatic N) is 1. The van der Waals surface area contributed by atoms with Crippen LogP contribution < -0.4 is 10.2 Å². The van der Waals surface area contributed by atoms with Gasteiger partial charge in [0.25, 0.3) is 0 Å². The molecule has 0 aliphatic heterocycles. The summed E-state index contributed by atoms with van der Waals surface area (Å²) in [7, 11) is 2.10. The molecule has 0 amide bonds. The van der Waals surface area contributed by atoms with Crippen LogP contribution in [-0.2, 0) is 6.54 Å². The van der Waals surface area contributed by atoms with E-state index in [2.05, 4.69) is 65.2 Å². The van der Waals surface area contributed by atoms with Crippen LogP contribution in [0.3, 0.4) is 0 Å². The van der Waals surface area contributed by atoms with Crippen molar-refractivity contribution in [3.05, 3.63) is 52.4 Å². The van der Waals surface area contributed by atoms with E-state index >= 15 is 0 Å². The van der Waals surface area contributed by atoms with Gasteiger partial charge in [-0.2, -0.15) is 0 Å². The summed E-state index contributed by atoms with van der Waals surface area (Å²) < 4.78 is 6.54. The van der Waals surface area contributed by atoms with Gasteiger partial charge in [0.15, 0.2) is 0 Å². The summed E-state index contributed by atoms with van der Waals surface area (Å²) in [6.07, 6.45) is 2.86. The van der Waals surface area contributed by atoms with Gasteiger partial charge in [-0.3, -0.25) is 0 Å². The van der Waals surface area contributed by atoms with Gasteiger partial charge >= 0.3 is 0 Å². The van der Waals surface area contributed by atoms with Gasteiger partial charge in [0.2, 0.25) is 0 Å². The Kier molecular flexibility index (Phi) is 5.88. The second kappa shape index (κ2) is 7.66. The van der Waals surface area contributed by atoms with Crippen LogP contribution in [0.15, 0.2) is 45.5 Å². The zero-order valence-electron chi connectivity index (χ0n) is 12.9. The third-order valence-corrected chi connectivity index (χ3v) is 4.04. The fraction of sp³-hybridized carbons (Fsp3) is 0.412. The van der Waals surface area contributed by atoms with Crippen molar-refractivity contribution < 1.29 is 4.42 Å². The lowest BCUT2D eigenvalue weighted by molar-refractivity contribution is 0.506. The SMILES string of the molecule is CCCNC(C)c1ccc(Br)cc1N(C)Cc1ccco1. The van der Waals surface area contributed by atoms with Crippen LogP contribution in [-0.4, -0.2) is 13.6 Å². The maximum Gasteiger partial charge on any atom is 0.123 e. The van der Waals surface area contributed by atoms with Crippen molar-refractivity contribution in [1.82, 2.24) is 5.32 Å². The van der Waals surface area contributed by atoms with Gasteiger partial charge in [-0.15, -0.1) is 0 Å². The lowest BCUT2D eigenvalue weighted by Crippen LogP contribution is -2.24. The first kappa shape index (κ1) is 16.1. The quantitative estimate of drug-likeness (QED) is 0.781. The van der Waals surface area contributed by atoms with E-state index in [1.54, 1.807) is 6.26 Å². The van der Waals surface area contributed by atoms with Crippen LogP contribution in [0.25, 0.3) is 0 Å². The Morgan fingerprint density at radius 1 is 1.33 bits per heavy atom. The molecule has 2 aromatic rings. The predicted octanol–water partition coefficient (Wildman–Crippen LogP) is 4.74. The number of anilines is 1. The van der Waals surface area contributed by atoms with Crippen LogP contribution >= 0.6 is 15.9 Å². The molecule has 114 valence electrons. The number of furan rings is 1. The largest absolute Gasteiger partial charge is 0.467 e. The Morgan fingerprint density at radius 2 is 2.14 bits per heavy atom. The van der Waals surface area contributed by atoms with Crippen molar-refractivity contribution in [2.75, 3.05) is 18.5 Å². The summed E-state index contributed by atoms with van der Waals surface area (Å²) in [6.45, 7) is 6.18. The number of nitrogens with one attached hydrogen (secondary N) is 1. The molecule has 2 rings (SSSR count). The van der Waals surface area contributed by atoms with Crippen LogP contribution in [0.2, 0.25) is 0 Å². The Hall–Kier alpha value is -1.26. The Balaban J connectivity index is 2.21. The molecule has 1 unspecified atom stereocenters. The molecule has 1 atom stereocenters. The highest BCUT2D eigenvalue weighted by molar-refractivity contribution is 9.10. The first-order valence-electron chi connectivity index (χ1n) is 7.38. The average Bonchev–Trinajstić information content (AvgIpc) is 2.97. The van der Waals surface area contributed by atoms with Crippen molar-refractivity contribution in [3.8, 4) is 0 Å². The highest BCUT2D eigenvalue weighted by Crippen LogP contribution is 2.30. The Labute approximate surface area is 135 Å². The fourth-order valence-electron chi connectivity index (χ4n) is 2.41. The third-order valence-electron chi connectivity index (χ3n) is 3.54. The van der Waals surface area contributed by atoms with Gasteiger partial charge in [-0.1, -0.05) is 28.9 Å². The summed E-state index contributed by atoms with van der Waals surface area (Å²) in [6, 6.07) is 10.7. The standard InChI is InChI=1S/C17H23BrN2O/c1-4-9-19-13(2)16-8-7-14(18)11-17(16)20(3)12-15-6-5-10-21-15/h5-8,10-11,13,19H,4,9,12H2,1-3H3. The van der Waals surface area contributed by atoms with Gasteiger partial charge in [-0.25, -0.2) is 0 Å². The first-order chi connectivity index (χ1) is 10.1. The molecule has 1 aromatic carbocycles. The second-order valence-corrected chi connectivity index (χ2v) is 6.23. The molecule has 1 N–H and O–H groups in total. The normalized spacial score (nSPS) is 12.4. The van der Waals surface area contributed by atoms with E-state index in [9.17, 15) is 0 Å². The number of hydrogen-bond acceptors (Lipinski definition) is 3. The molecule has 3 nitrogen and oxygen atoms in total. The van der Waals surface area contributed by atoms with Gasteiger partial charge in [-0.05, 0) is 49.7 Å². The molecule has 0 aliphatic rings. The van der Waals surface area contributed by atoms with Crippen molar-refractivity contribution in [2.45, 2.75) is 32.9 Å². The number of benzene rings is 1. The third kappa shape index (κ3) is 4.35. The summed E-state index contributed by atoms with van der Waals surface area (Å²) in [4.78, 5) is 2.23. The van der Waals surface area contributed by atoms with Crippen molar-refractivity contribution >= 4 is 21.6 Å². The van der Waals surface area contributed by atoms with Crippen molar-refractivity contribution in [1.29, 1.82) is 0 Å². The zero-order valence-corrected chi connectivity index (χ0v) is 14.5. The molecule has 0 saturated carbocycles. The monoisotopic (exact) mass is 350 g/mol. The smallest absolute Gasteiger partial charge is 0.123 e. The molecule has 1 heterocycles. The van der Waals surface area contributed by atoms with Crippen LogP contribution in [0.5, 0.6) is 0 Å². The highest BCUT2D eigenvalue weighted by atomic mass is 79.9. The topological polar surface area (TPSA) is 28.4 Å². The van der Waals surface area contributed by atoms with Crippen LogP contribution in [0.4, 0.5) is 5.69 Å². The van der Waals surface area contributed by atoms with E-state index in [0.717, 1.165) is 29.7 Å². The van der Waals surface area contributed by atoms with Crippen molar-refractivity contribution in [2.24, 2.45) is 0 Å². The van der Waals surface area contributed by atoms with Crippen molar-refractivity contribution in [3.63, 3.8) is 0 Å². The molecular weight excluding hydrogens is 328 g/mol. The first-order valence-corrected chi connectivity index (χ1v) is 8.17. The minimum Gasteiger partial charge on any atom is -0.467 e. The van der Waals surface area contributed by atoms with Gasteiger partial charge < -0.3 is 14.6 Å². The number of halogens is 1. The predicted molar refractivity (Wildman–Crippen MR) is 91.7 cm³/mol. The van der Waals surface area contributed by atoms with Gasteiger partial charge in [0.05, 0.1) is 12.8 Å². The summed E-state index contributed by atoms with van der Waals surface area (Å²) in [5, 5.41) is 3.56. The Morgan fingerprint density at radius 3 is 2.81 bits per heavy atom. The van der Waals surface area contributed by atoms with Gasteiger partial charge in [0, 0.05) is 23.2 Å². The fourth-order valence-corrected chi connectivity index (χ4v) is 2.75. The average molecular weight is 351 g/mol. The van der Waals surface area contributed by atoms with E-state index in [1.807, 2.05) is 12.1 Å². The molecule has 0 spiro atoms. The lowest BCUT2D eigenvalue weighted by atomic mass is 10.0. The number of hydrogen-bond donors (Lipinski definition) is 1. The van der Waals surface area contributed by atoms with Gasteiger partial charge in [0.1, 0.15) is 5.76 Å². The molecule has 1 aromatic heterocycles. The minimum atomic E-state index is 0.326. The number of rotatable bonds is 7. The maximum atomic E-state index is 5.45. The molecule has 0 radical (unpaired) electrons.